The molecule has 4 heteroatoms. The summed E-state index contributed by atoms with van der Waals surface area (Å²) in [4.78, 5) is 12.0. The Kier molecular flexibility index (Phi) is 5.74. The summed E-state index contributed by atoms with van der Waals surface area (Å²) in [5.74, 6) is 0.845. The van der Waals surface area contributed by atoms with Gasteiger partial charge in [0.1, 0.15) is 0 Å². The number of hydrogen-bond donors (Lipinski definition) is 1. The molecule has 1 rings (SSSR count). The van der Waals surface area contributed by atoms with Crippen LogP contribution >= 0.6 is 11.6 Å². The van der Waals surface area contributed by atoms with Gasteiger partial charge in [-0.1, -0.05) is 13.8 Å². The Balaban J connectivity index is 2.31. The standard InChI is InChI=1S/C13H24ClNO2/c1-10-11(5-8-17-10)12(16)15-9-13(2,3)6-4-7-14/h10-11H,4-9H2,1-3H3,(H,15,16). The number of rotatable bonds is 6. The number of amides is 1. The lowest BCUT2D eigenvalue weighted by molar-refractivity contribution is -0.126. The first-order valence-corrected chi connectivity index (χ1v) is 6.95. The van der Waals surface area contributed by atoms with E-state index in [0.29, 0.717) is 19.0 Å². The highest BCUT2D eigenvalue weighted by molar-refractivity contribution is 6.17. The summed E-state index contributed by atoms with van der Waals surface area (Å²) in [7, 11) is 0. The Hall–Kier alpha value is -0.280. The van der Waals surface area contributed by atoms with E-state index in [4.69, 9.17) is 16.3 Å². The topological polar surface area (TPSA) is 38.3 Å². The molecule has 3 nitrogen and oxygen atoms in total. The minimum Gasteiger partial charge on any atom is -0.378 e. The molecule has 0 aliphatic carbocycles. The van der Waals surface area contributed by atoms with E-state index in [9.17, 15) is 4.79 Å². The highest BCUT2D eigenvalue weighted by Crippen LogP contribution is 2.23. The van der Waals surface area contributed by atoms with E-state index in [1.54, 1.807) is 0 Å². The lowest BCUT2D eigenvalue weighted by atomic mass is 9.87. The van der Waals surface area contributed by atoms with E-state index in [1.807, 2.05) is 6.92 Å². The highest BCUT2D eigenvalue weighted by atomic mass is 35.5. The molecular formula is C13H24ClNO2. The van der Waals surface area contributed by atoms with Crippen molar-refractivity contribution in [3.63, 3.8) is 0 Å². The lowest BCUT2D eigenvalue weighted by Crippen LogP contribution is -2.39. The van der Waals surface area contributed by atoms with Gasteiger partial charge in [-0.2, -0.15) is 0 Å². The largest absolute Gasteiger partial charge is 0.378 e. The number of nitrogens with one attached hydrogen (secondary N) is 1. The first-order chi connectivity index (χ1) is 7.96. The average molecular weight is 262 g/mol. The Labute approximate surface area is 109 Å². The minimum atomic E-state index is 0.0267. The summed E-state index contributed by atoms with van der Waals surface area (Å²) in [5, 5.41) is 3.04. The zero-order valence-electron chi connectivity index (χ0n) is 11.1. The monoisotopic (exact) mass is 261 g/mol. The first-order valence-electron chi connectivity index (χ1n) is 6.41. The second-order valence-corrected chi connectivity index (χ2v) is 6.02. The molecule has 1 aliphatic rings. The van der Waals surface area contributed by atoms with Crippen molar-refractivity contribution in [2.24, 2.45) is 11.3 Å². The molecule has 100 valence electrons. The number of carbonyl (C=O) groups excluding carboxylic acids is 1. The SMILES string of the molecule is CC1OCCC1C(=O)NCC(C)(C)CCCCl. The summed E-state index contributed by atoms with van der Waals surface area (Å²) in [6, 6.07) is 0. The van der Waals surface area contributed by atoms with Crippen LogP contribution in [0.1, 0.15) is 40.0 Å². The second kappa shape index (κ2) is 6.60. The number of ether oxygens (including phenoxy) is 1. The molecule has 2 unspecified atom stereocenters. The van der Waals surface area contributed by atoms with Gasteiger partial charge in [-0.25, -0.2) is 0 Å². The molecule has 0 aromatic heterocycles. The molecule has 2 atom stereocenters. The van der Waals surface area contributed by atoms with Crippen LogP contribution in [0.15, 0.2) is 0 Å². The normalized spacial score (nSPS) is 24.9. The van der Waals surface area contributed by atoms with Gasteiger partial charge in [-0.3, -0.25) is 4.79 Å². The molecule has 1 N–H and O–H groups in total. The minimum absolute atomic E-state index is 0.0267. The van der Waals surface area contributed by atoms with Crippen LogP contribution in [0.4, 0.5) is 0 Å². The van der Waals surface area contributed by atoms with E-state index in [2.05, 4.69) is 19.2 Å². The summed E-state index contributed by atoms with van der Waals surface area (Å²) in [5.41, 5.74) is 0.118. The van der Waals surface area contributed by atoms with Crippen molar-refractivity contribution >= 4 is 17.5 Å². The van der Waals surface area contributed by atoms with Crippen molar-refractivity contribution in [3.8, 4) is 0 Å². The fourth-order valence-electron chi connectivity index (χ4n) is 2.17. The molecule has 1 amide bonds. The first kappa shape index (κ1) is 14.8. The molecule has 0 saturated carbocycles. The van der Waals surface area contributed by atoms with Crippen LogP contribution in [0.3, 0.4) is 0 Å². The van der Waals surface area contributed by atoms with Gasteiger partial charge in [0.25, 0.3) is 0 Å². The van der Waals surface area contributed by atoms with E-state index >= 15 is 0 Å². The molecule has 17 heavy (non-hydrogen) atoms. The number of carbonyl (C=O) groups is 1. The fraction of sp³-hybridized carbons (Fsp3) is 0.923. The van der Waals surface area contributed by atoms with E-state index in [1.165, 1.54) is 0 Å². The second-order valence-electron chi connectivity index (χ2n) is 5.65. The van der Waals surface area contributed by atoms with E-state index in [-0.39, 0.29) is 23.3 Å². The van der Waals surface area contributed by atoms with Crippen LogP contribution < -0.4 is 5.32 Å². The van der Waals surface area contributed by atoms with Crippen molar-refractivity contribution in [1.29, 1.82) is 0 Å². The number of alkyl halides is 1. The van der Waals surface area contributed by atoms with Gasteiger partial charge in [0.2, 0.25) is 5.91 Å². The zero-order valence-corrected chi connectivity index (χ0v) is 11.8. The lowest BCUT2D eigenvalue weighted by Gasteiger charge is -2.25. The molecule has 1 heterocycles. The Bertz CT molecular complexity index is 256. The van der Waals surface area contributed by atoms with Gasteiger partial charge < -0.3 is 10.1 Å². The molecule has 0 spiro atoms. The molecule has 0 aromatic rings. The van der Waals surface area contributed by atoms with Gasteiger partial charge in [0.15, 0.2) is 0 Å². The van der Waals surface area contributed by atoms with E-state index in [0.717, 1.165) is 19.3 Å². The summed E-state index contributed by atoms with van der Waals surface area (Å²) >= 11 is 5.69. The predicted octanol–water partition coefficient (Wildman–Crippen LogP) is 2.57. The van der Waals surface area contributed by atoms with Gasteiger partial charge in [-0.05, 0) is 31.6 Å². The Morgan fingerprint density at radius 2 is 2.24 bits per heavy atom. The smallest absolute Gasteiger partial charge is 0.225 e. The van der Waals surface area contributed by atoms with Crippen molar-refractivity contribution in [3.05, 3.63) is 0 Å². The van der Waals surface area contributed by atoms with Gasteiger partial charge in [0.05, 0.1) is 12.0 Å². The molecule has 1 saturated heterocycles. The number of halogens is 1. The van der Waals surface area contributed by atoms with Gasteiger partial charge in [0, 0.05) is 19.0 Å². The van der Waals surface area contributed by atoms with Crippen molar-refractivity contribution < 1.29 is 9.53 Å². The fourth-order valence-corrected chi connectivity index (χ4v) is 2.30. The maximum Gasteiger partial charge on any atom is 0.225 e. The highest BCUT2D eigenvalue weighted by Gasteiger charge is 2.31. The van der Waals surface area contributed by atoms with Gasteiger partial charge in [-0.15, -0.1) is 11.6 Å². The third kappa shape index (κ3) is 4.84. The maximum atomic E-state index is 12.0. The third-order valence-corrected chi connectivity index (χ3v) is 3.71. The molecular weight excluding hydrogens is 238 g/mol. The molecule has 0 aromatic carbocycles. The quantitative estimate of drug-likeness (QED) is 0.747. The van der Waals surface area contributed by atoms with Crippen LogP contribution in [0.5, 0.6) is 0 Å². The number of hydrogen-bond acceptors (Lipinski definition) is 2. The van der Waals surface area contributed by atoms with Crippen LogP contribution in [0.25, 0.3) is 0 Å². The van der Waals surface area contributed by atoms with Crippen LogP contribution in [0, 0.1) is 11.3 Å². The molecule has 1 fully saturated rings. The molecule has 0 radical (unpaired) electrons. The van der Waals surface area contributed by atoms with E-state index < -0.39 is 0 Å². The van der Waals surface area contributed by atoms with Crippen LogP contribution in [-0.4, -0.2) is 31.0 Å². The summed E-state index contributed by atoms with van der Waals surface area (Å²) in [6.07, 6.45) is 2.93. The Morgan fingerprint density at radius 1 is 1.53 bits per heavy atom. The average Bonchev–Trinajstić information content (AvgIpc) is 2.70. The molecule has 0 bridgehead atoms. The van der Waals surface area contributed by atoms with Crippen molar-refractivity contribution in [2.45, 2.75) is 46.1 Å². The summed E-state index contributed by atoms with van der Waals surface area (Å²) in [6.45, 7) is 7.71. The van der Waals surface area contributed by atoms with Crippen LogP contribution in [-0.2, 0) is 9.53 Å². The van der Waals surface area contributed by atoms with Gasteiger partial charge >= 0.3 is 0 Å². The zero-order chi connectivity index (χ0) is 12.9. The summed E-state index contributed by atoms with van der Waals surface area (Å²) < 4.78 is 5.41. The Morgan fingerprint density at radius 3 is 2.76 bits per heavy atom. The predicted molar refractivity (Wildman–Crippen MR) is 70.3 cm³/mol. The van der Waals surface area contributed by atoms with Crippen molar-refractivity contribution in [1.82, 2.24) is 5.32 Å². The maximum absolute atomic E-state index is 12.0. The van der Waals surface area contributed by atoms with Crippen LogP contribution in [0.2, 0.25) is 0 Å². The molecule has 1 aliphatic heterocycles. The third-order valence-electron chi connectivity index (χ3n) is 3.44. The van der Waals surface area contributed by atoms with Crippen molar-refractivity contribution in [2.75, 3.05) is 19.0 Å².